The number of phenols is 1. The van der Waals surface area contributed by atoms with Crippen molar-refractivity contribution in [3.8, 4) is 16.9 Å². The third-order valence-corrected chi connectivity index (χ3v) is 2.35. The summed E-state index contributed by atoms with van der Waals surface area (Å²) in [7, 11) is 0. The van der Waals surface area contributed by atoms with E-state index in [1.807, 2.05) is 0 Å². The summed E-state index contributed by atoms with van der Waals surface area (Å²) >= 11 is 0. The molecule has 0 saturated carbocycles. The van der Waals surface area contributed by atoms with E-state index in [0.29, 0.717) is 0 Å². The maximum absolute atomic E-state index is 13.5. The van der Waals surface area contributed by atoms with Crippen molar-refractivity contribution in [3.63, 3.8) is 0 Å². The Morgan fingerprint density at radius 2 is 1.33 bits per heavy atom. The van der Waals surface area contributed by atoms with E-state index < -0.39 is 40.4 Å². The minimum absolute atomic E-state index is 0.372. The Labute approximate surface area is 98.1 Å². The number of halogens is 5. The molecule has 6 heteroatoms. The van der Waals surface area contributed by atoms with Crippen LogP contribution in [-0.4, -0.2) is 5.11 Å². The van der Waals surface area contributed by atoms with Gasteiger partial charge in [-0.05, 0) is 17.7 Å². The lowest BCUT2D eigenvalue weighted by atomic mass is 10.0. The van der Waals surface area contributed by atoms with Crippen LogP contribution in [0, 0.1) is 29.1 Å². The Morgan fingerprint density at radius 1 is 0.778 bits per heavy atom. The molecule has 18 heavy (non-hydrogen) atoms. The average molecular weight is 260 g/mol. The van der Waals surface area contributed by atoms with Crippen LogP contribution in [0.3, 0.4) is 0 Å². The van der Waals surface area contributed by atoms with E-state index in [0.717, 1.165) is 24.3 Å². The monoisotopic (exact) mass is 260 g/mol. The van der Waals surface area contributed by atoms with Crippen molar-refractivity contribution in [2.24, 2.45) is 0 Å². The Kier molecular flexibility index (Phi) is 2.94. The molecule has 2 rings (SSSR count). The molecule has 0 aliphatic rings. The maximum Gasteiger partial charge on any atom is 0.204 e. The number of rotatable bonds is 1. The van der Waals surface area contributed by atoms with Crippen LogP contribution in [-0.2, 0) is 0 Å². The summed E-state index contributed by atoms with van der Waals surface area (Å²) < 4.78 is 66.0. The summed E-state index contributed by atoms with van der Waals surface area (Å²) in [6.07, 6.45) is 0. The molecule has 0 bridgehead atoms. The lowest BCUT2D eigenvalue weighted by Gasteiger charge is -2.08. The number of hydrogen-bond acceptors (Lipinski definition) is 1. The fourth-order valence-electron chi connectivity index (χ4n) is 1.52. The van der Waals surface area contributed by atoms with Crippen molar-refractivity contribution in [2.45, 2.75) is 0 Å². The molecule has 0 saturated heterocycles. The van der Waals surface area contributed by atoms with Crippen LogP contribution >= 0.6 is 0 Å². The standard InChI is InChI=1S/C12H5F5O/c13-6-3-1-2-5(4-6)7-8(14)10(16)12(18)11(17)9(7)15/h1-4,18H. The molecular formula is C12H5F5O. The molecule has 0 heterocycles. The molecule has 0 aliphatic carbocycles. The Balaban J connectivity index is 2.80. The van der Waals surface area contributed by atoms with Gasteiger partial charge in [0.15, 0.2) is 17.4 Å². The summed E-state index contributed by atoms with van der Waals surface area (Å²) in [5.41, 5.74) is -1.44. The predicted octanol–water partition coefficient (Wildman–Crippen LogP) is 3.75. The largest absolute Gasteiger partial charge is 0.503 e. The highest BCUT2D eigenvalue weighted by atomic mass is 19.2. The fraction of sp³-hybridized carbons (Fsp3) is 0. The van der Waals surface area contributed by atoms with E-state index in [-0.39, 0.29) is 5.56 Å². The molecule has 1 N–H and O–H groups in total. The maximum atomic E-state index is 13.5. The fourth-order valence-corrected chi connectivity index (χ4v) is 1.52. The highest BCUT2D eigenvalue weighted by molar-refractivity contribution is 5.66. The van der Waals surface area contributed by atoms with Gasteiger partial charge in [-0.25, -0.2) is 13.2 Å². The van der Waals surface area contributed by atoms with Gasteiger partial charge in [-0.2, -0.15) is 8.78 Å². The van der Waals surface area contributed by atoms with Crippen LogP contribution in [0.25, 0.3) is 11.1 Å². The minimum atomic E-state index is -1.92. The van der Waals surface area contributed by atoms with E-state index in [1.54, 1.807) is 0 Å². The quantitative estimate of drug-likeness (QED) is 0.611. The van der Waals surface area contributed by atoms with Gasteiger partial charge in [0.25, 0.3) is 0 Å². The van der Waals surface area contributed by atoms with Gasteiger partial charge in [0, 0.05) is 0 Å². The molecule has 0 unspecified atom stereocenters. The molecule has 0 atom stereocenters. The van der Waals surface area contributed by atoms with Crippen LogP contribution in [0.2, 0.25) is 0 Å². The Morgan fingerprint density at radius 3 is 1.83 bits per heavy atom. The first-order valence-electron chi connectivity index (χ1n) is 4.74. The van der Waals surface area contributed by atoms with E-state index in [4.69, 9.17) is 5.11 Å². The summed E-state index contributed by atoms with van der Waals surface area (Å²) in [6.45, 7) is 0. The van der Waals surface area contributed by atoms with Gasteiger partial charge < -0.3 is 5.11 Å². The Hall–Kier alpha value is -2.11. The van der Waals surface area contributed by atoms with Gasteiger partial charge in [0.1, 0.15) is 5.82 Å². The van der Waals surface area contributed by atoms with Gasteiger partial charge in [0.05, 0.1) is 5.56 Å². The van der Waals surface area contributed by atoms with Gasteiger partial charge in [-0.15, -0.1) is 0 Å². The molecular weight excluding hydrogens is 255 g/mol. The smallest absolute Gasteiger partial charge is 0.204 e. The molecule has 0 aromatic heterocycles. The lowest BCUT2D eigenvalue weighted by molar-refractivity contribution is 0.358. The first-order chi connectivity index (χ1) is 8.43. The van der Waals surface area contributed by atoms with Crippen LogP contribution in [0.15, 0.2) is 24.3 Å². The second kappa shape index (κ2) is 4.29. The van der Waals surface area contributed by atoms with Crippen LogP contribution in [0.1, 0.15) is 0 Å². The third-order valence-electron chi connectivity index (χ3n) is 2.35. The van der Waals surface area contributed by atoms with Gasteiger partial charge in [-0.1, -0.05) is 12.1 Å². The van der Waals surface area contributed by atoms with Crippen molar-refractivity contribution >= 4 is 0 Å². The highest BCUT2D eigenvalue weighted by Crippen LogP contribution is 2.35. The summed E-state index contributed by atoms with van der Waals surface area (Å²) in [5.74, 6) is -9.97. The normalized spacial score (nSPS) is 10.7. The minimum Gasteiger partial charge on any atom is -0.503 e. The zero-order chi connectivity index (χ0) is 13.4. The van der Waals surface area contributed by atoms with Crippen LogP contribution in [0.5, 0.6) is 5.75 Å². The zero-order valence-corrected chi connectivity index (χ0v) is 8.65. The molecule has 2 aromatic carbocycles. The zero-order valence-electron chi connectivity index (χ0n) is 8.65. The molecule has 0 spiro atoms. The van der Waals surface area contributed by atoms with Gasteiger partial charge in [0.2, 0.25) is 11.6 Å². The third kappa shape index (κ3) is 1.79. The molecule has 1 nitrogen and oxygen atoms in total. The van der Waals surface area contributed by atoms with Crippen molar-refractivity contribution in [1.82, 2.24) is 0 Å². The van der Waals surface area contributed by atoms with E-state index in [9.17, 15) is 22.0 Å². The SMILES string of the molecule is Oc1c(F)c(F)c(-c2cccc(F)c2)c(F)c1F. The first-order valence-corrected chi connectivity index (χ1v) is 4.74. The lowest BCUT2D eigenvalue weighted by Crippen LogP contribution is -2.00. The molecule has 0 amide bonds. The average Bonchev–Trinajstić information content (AvgIpc) is 2.34. The van der Waals surface area contributed by atoms with Crippen molar-refractivity contribution in [3.05, 3.63) is 53.4 Å². The second-order valence-corrected chi connectivity index (χ2v) is 3.49. The molecule has 94 valence electrons. The molecule has 0 fully saturated rings. The van der Waals surface area contributed by atoms with E-state index in [2.05, 4.69) is 0 Å². The summed E-state index contributed by atoms with van der Waals surface area (Å²) in [5, 5.41) is 8.79. The Bertz CT molecular complexity index is 595. The van der Waals surface area contributed by atoms with Gasteiger partial charge in [-0.3, -0.25) is 0 Å². The van der Waals surface area contributed by atoms with Crippen LogP contribution < -0.4 is 0 Å². The van der Waals surface area contributed by atoms with E-state index in [1.165, 1.54) is 0 Å². The molecule has 2 aromatic rings. The van der Waals surface area contributed by atoms with Crippen LogP contribution in [0.4, 0.5) is 22.0 Å². The van der Waals surface area contributed by atoms with Crippen molar-refractivity contribution in [2.75, 3.05) is 0 Å². The van der Waals surface area contributed by atoms with Crippen molar-refractivity contribution < 1.29 is 27.1 Å². The first kappa shape index (κ1) is 12.3. The van der Waals surface area contributed by atoms with E-state index >= 15 is 0 Å². The number of phenolic OH excluding ortho intramolecular Hbond substituents is 1. The number of hydrogen-bond donors (Lipinski definition) is 1. The number of benzene rings is 2. The molecule has 0 aliphatic heterocycles. The van der Waals surface area contributed by atoms with Gasteiger partial charge >= 0.3 is 0 Å². The summed E-state index contributed by atoms with van der Waals surface area (Å²) in [4.78, 5) is 0. The topological polar surface area (TPSA) is 20.2 Å². The molecule has 0 radical (unpaired) electrons. The van der Waals surface area contributed by atoms with Crippen molar-refractivity contribution in [1.29, 1.82) is 0 Å². The number of aromatic hydroxyl groups is 1. The second-order valence-electron chi connectivity index (χ2n) is 3.49. The highest BCUT2D eigenvalue weighted by Gasteiger charge is 2.26. The summed E-state index contributed by atoms with van der Waals surface area (Å²) in [6, 6.07) is 3.94. The predicted molar refractivity (Wildman–Crippen MR) is 53.3 cm³/mol.